The minimum Gasteiger partial charge on any atom is -0.491 e. The van der Waals surface area contributed by atoms with Crippen LogP contribution in [0.5, 0.6) is 17.4 Å². The van der Waals surface area contributed by atoms with Crippen molar-refractivity contribution in [3.63, 3.8) is 0 Å². The van der Waals surface area contributed by atoms with Gasteiger partial charge >= 0.3 is 5.76 Å². The Balaban J connectivity index is 0.000000132. The van der Waals surface area contributed by atoms with Gasteiger partial charge in [0, 0.05) is 135 Å². The number of pyridine rings is 1. The molecule has 18 rings (SSSR count). The highest BCUT2D eigenvalue weighted by atomic mass is 35.5. The lowest BCUT2D eigenvalue weighted by Gasteiger charge is -2.11. The summed E-state index contributed by atoms with van der Waals surface area (Å²) < 4.78 is 57.7. The Kier molecular flexibility index (Phi) is 30.9. The lowest BCUT2D eigenvalue weighted by atomic mass is 10.1. The van der Waals surface area contributed by atoms with Crippen LogP contribution in [0.1, 0.15) is 99.1 Å². The first kappa shape index (κ1) is 90.2. The number of benzene rings is 5. The predicted molar refractivity (Wildman–Crippen MR) is 479 cm³/mol. The van der Waals surface area contributed by atoms with Crippen molar-refractivity contribution in [2.24, 2.45) is 7.05 Å². The third kappa shape index (κ3) is 27.8. The van der Waals surface area contributed by atoms with E-state index < -0.39 is 5.76 Å². The number of rotatable bonds is 24. The smallest absolute Gasteiger partial charge is 0.419 e. The monoisotopic (exact) mass is 1800 g/mol. The molecule has 40 nitrogen and oxygen atoms in total. The van der Waals surface area contributed by atoms with Crippen molar-refractivity contribution < 1.29 is 40.7 Å². The molecule has 13 aromatic heterocycles. The number of ether oxygens (including phenoxy) is 3. The summed E-state index contributed by atoms with van der Waals surface area (Å²) in [6.07, 6.45) is 37.6. The van der Waals surface area contributed by atoms with E-state index in [1.54, 1.807) is 171 Å². The average molecular weight is 1800 g/mol. The third-order valence-corrected chi connectivity index (χ3v) is 17.2. The molecule has 0 N–H and O–H groups in total. The van der Waals surface area contributed by atoms with Crippen molar-refractivity contribution >= 4 is 108 Å². The fourth-order valence-electron chi connectivity index (χ4n) is 11.2. The van der Waals surface area contributed by atoms with Gasteiger partial charge in [-0.2, -0.15) is 0 Å². The average Bonchev–Trinajstić information content (AvgIpc) is 1.81. The largest absolute Gasteiger partial charge is 0.491 e. The summed E-state index contributed by atoms with van der Waals surface area (Å²) in [5.41, 5.74) is 10.2. The lowest BCUT2D eigenvalue weighted by Crippen LogP contribution is -2.10. The number of aromatic nitrogens is 30. The minimum atomic E-state index is -0.394. The van der Waals surface area contributed by atoms with E-state index in [1.165, 1.54) is 53.9 Å². The molecular formula is C86H79Cl3N30O10. The molecule has 0 atom stereocenters. The van der Waals surface area contributed by atoms with Crippen LogP contribution < -0.4 is 20.0 Å². The maximum atomic E-state index is 11.2. The SMILES string of the molecule is CC(C)Oc1cc(Cl)cc(-c2ncn(/C=C\c3nnco3)n2)c1.Cc1cc(-c2ncn(/C=C\c3nnco3)n2)cc(OC(C)C)n1.Cc1cc(C)cc(-c2ncn(/C=C\c3coc(=O)n3C)n2)c1.Cc1cc(OC(C)C)cc(-c2ncn(/C=C\c3nnco3)n2)c1.Clc1cccc(-c2ncn(/C=C/c3nnco3)n2)c1.Clc1cccc(-c2ncn(/C=C\c3nnco3)n2)c1. The van der Waals surface area contributed by atoms with E-state index in [-0.39, 0.29) is 18.3 Å². The summed E-state index contributed by atoms with van der Waals surface area (Å²) in [4.78, 5) is 41.2. The Labute approximate surface area is 749 Å². The molecule has 0 bridgehead atoms. The summed E-state index contributed by atoms with van der Waals surface area (Å²) in [5.74, 6) is 7.26. The van der Waals surface area contributed by atoms with Crippen LogP contribution in [-0.4, -0.2) is 167 Å². The Morgan fingerprint density at radius 3 is 0.992 bits per heavy atom. The fraction of sp³-hybridized carbons (Fsp3) is 0.163. The highest BCUT2D eigenvalue weighted by Gasteiger charge is 2.15. The van der Waals surface area contributed by atoms with Gasteiger partial charge in [0.2, 0.25) is 67.3 Å². The minimum absolute atomic E-state index is 0.0556. The van der Waals surface area contributed by atoms with Crippen LogP contribution in [0.2, 0.25) is 15.1 Å². The van der Waals surface area contributed by atoms with Crippen LogP contribution in [0, 0.1) is 27.7 Å². The molecule has 0 radical (unpaired) electrons. The highest BCUT2D eigenvalue weighted by molar-refractivity contribution is 6.31. The Hall–Kier alpha value is -16.5. The molecule has 0 saturated heterocycles. The molecular weight excluding hydrogens is 1720 g/mol. The second-order valence-electron chi connectivity index (χ2n) is 28.0. The highest BCUT2D eigenvalue weighted by Crippen LogP contribution is 2.30. The van der Waals surface area contributed by atoms with Gasteiger partial charge in [0.25, 0.3) is 0 Å². The quantitative estimate of drug-likeness (QED) is 0.0542. The molecule has 654 valence electrons. The molecule has 18 aromatic rings. The van der Waals surface area contributed by atoms with E-state index in [0.717, 1.165) is 50.4 Å². The summed E-state index contributed by atoms with van der Waals surface area (Å²) >= 11 is 18.0. The maximum absolute atomic E-state index is 11.2. The first-order chi connectivity index (χ1) is 62.4. The zero-order valence-corrected chi connectivity index (χ0v) is 73.0. The number of halogens is 3. The second-order valence-corrected chi connectivity index (χ2v) is 29.3. The molecule has 0 aliphatic rings. The standard InChI is InChI=1S/C16H17N5O2.C16H16N4O2.C15H14ClN5O2.C15H16N6O2.2C12H8ClN5O/c1-11(2)23-14-7-12(3)6-13(8-14)16-17-9-21(20-16)5-4-15-19-18-10-22-15;1-11-6-12(2)8-13(7-11)15-17-10-20(18-15)5-4-14-9-22-16(21)19(14)3;1-10(2)23-13-6-11(5-12(16)7-13)15-17-8-21(20-15)4-3-14-19-18-9-22-14;1-10(2)23-14-7-12(6-11(3)18-14)15-16-8-21(20-15)5-4-13-19-17-9-22-13;2*13-10-3-1-2-9(6-10)12-14-7-18(17-12)5-4-11-16-15-8-19-11/h4-11H,1-3H3;4-10H,1-3H3;3-10H,1-2H3;4-10H,1-3H3;2*1-8H/b2*5-4-;4-3-;5-4-;5-4+;5-4-. The second kappa shape index (κ2) is 44.2. The van der Waals surface area contributed by atoms with Crippen molar-refractivity contribution in [2.75, 3.05) is 0 Å². The van der Waals surface area contributed by atoms with E-state index in [0.29, 0.717) is 96.8 Å². The first-order valence-corrected chi connectivity index (χ1v) is 40.1. The van der Waals surface area contributed by atoms with Gasteiger partial charge in [-0.15, -0.1) is 81.6 Å². The summed E-state index contributed by atoms with van der Waals surface area (Å²) in [6, 6.07) is 36.0. The van der Waals surface area contributed by atoms with Gasteiger partial charge in [-0.05, 0) is 160 Å². The molecule has 43 heteroatoms. The molecule has 0 fully saturated rings. The van der Waals surface area contributed by atoms with Gasteiger partial charge in [0.1, 0.15) is 55.7 Å². The maximum Gasteiger partial charge on any atom is 0.419 e. The van der Waals surface area contributed by atoms with Gasteiger partial charge < -0.3 is 40.7 Å². The number of oxazole rings is 1. The third-order valence-electron chi connectivity index (χ3n) is 16.5. The summed E-state index contributed by atoms with van der Waals surface area (Å²) in [6.45, 7) is 19.8. The van der Waals surface area contributed by atoms with E-state index >= 15 is 0 Å². The molecule has 129 heavy (non-hydrogen) atoms. The van der Waals surface area contributed by atoms with Crippen molar-refractivity contribution in [1.82, 2.24) is 149 Å². The van der Waals surface area contributed by atoms with Crippen LogP contribution in [-0.2, 0) is 7.05 Å². The number of nitrogens with zero attached hydrogens (tertiary/aromatic N) is 30. The van der Waals surface area contributed by atoms with E-state index in [1.807, 2.05) is 142 Å². The molecule has 0 unspecified atom stereocenters. The Morgan fingerprint density at radius 1 is 0.341 bits per heavy atom. The zero-order valence-electron chi connectivity index (χ0n) is 70.7. The van der Waals surface area contributed by atoms with E-state index in [4.69, 9.17) is 75.5 Å². The van der Waals surface area contributed by atoms with Crippen molar-refractivity contribution in [1.29, 1.82) is 0 Å². The molecule has 13 heterocycles. The summed E-state index contributed by atoms with van der Waals surface area (Å²) in [7, 11) is 1.65. The normalized spacial score (nSPS) is 11.4. The first-order valence-electron chi connectivity index (χ1n) is 39.0. The van der Waals surface area contributed by atoms with Crippen LogP contribution in [0.4, 0.5) is 0 Å². The van der Waals surface area contributed by atoms with Crippen LogP contribution in [0.15, 0.2) is 223 Å². The fourth-order valence-corrected chi connectivity index (χ4v) is 11.8. The van der Waals surface area contributed by atoms with Crippen LogP contribution in [0.3, 0.4) is 0 Å². The molecule has 0 aliphatic carbocycles. The zero-order chi connectivity index (χ0) is 90.5. The van der Waals surface area contributed by atoms with Crippen LogP contribution in [0.25, 0.3) is 142 Å². The van der Waals surface area contributed by atoms with Gasteiger partial charge in [-0.3, -0.25) is 4.57 Å². The molecule has 0 spiro atoms. The number of hydrogen-bond donors (Lipinski definition) is 0. The predicted octanol–water partition coefficient (Wildman–Crippen LogP) is 16.6. The van der Waals surface area contributed by atoms with Gasteiger partial charge in [0.05, 0.1) is 24.0 Å². The topological polar surface area (TPSA) is 455 Å². The Morgan fingerprint density at radius 2 is 0.659 bits per heavy atom. The lowest BCUT2D eigenvalue weighted by molar-refractivity contribution is 0.232. The van der Waals surface area contributed by atoms with Gasteiger partial charge in [-0.25, -0.2) is 67.8 Å². The van der Waals surface area contributed by atoms with Crippen molar-refractivity contribution in [3.05, 3.63) is 275 Å². The molecule has 0 saturated carbocycles. The Bertz CT molecular complexity index is 6360. The molecule has 5 aromatic carbocycles. The van der Waals surface area contributed by atoms with Gasteiger partial charge in [0.15, 0.2) is 34.9 Å². The number of aryl methyl sites for hydroxylation is 4. The van der Waals surface area contributed by atoms with E-state index in [9.17, 15) is 4.79 Å². The molecule has 0 amide bonds. The summed E-state index contributed by atoms with van der Waals surface area (Å²) in [5, 5.41) is 64.7. The number of hydrogen-bond acceptors (Lipinski definition) is 33. The van der Waals surface area contributed by atoms with Crippen LogP contribution >= 0.6 is 34.8 Å². The van der Waals surface area contributed by atoms with Crippen molar-refractivity contribution in [2.45, 2.75) is 87.5 Å². The van der Waals surface area contributed by atoms with E-state index in [2.05, 4.69) is 135 Å². The van der Waals surface area contributed by atoms with Gasteiger partial charge in [-0.1, -0.05) is 76.3 Å². The van der Waals surface area contributed by atoms with Crippen molar-refractivity contribution in [3.8, 4) is 85.7 Å². The molecule has 0 aliphatic heterocycles.